The molecule has 1 aromatic heterocycles. The highest BCUT2D eigenvalue weighted by molar-refractivity contribution is 9.10. The van der Waals surface area contributed by atoms with Crippen LogP contribution in [0.5, 0.6) is 0 Å². The topological polar surface area (TPSA) is 69.6 Å². The number of halogens is 2. The summed E-state index contributed by atoms with van der Waals surface area (Å²) in [7, 11) is 0. The van der Waals surface area contributed by atoms with Crippen LogP contribution in [0.1, 0.15) is 5.56 Å². The Kier molecular flexibility index (Phi) is 3.65. The Balaban J connectivity index is 2.12. The molecule has 0 aliphatic carbocycles. The number of nitrogens with two attached hydrogens (primary N) is 1. The zero-order valence-electron chi connectivity index (χ0n) is 11.1. The average molecular weight is 365 g/mol. The summed E-state index contributed by atoms with van der Waals surface area (Å²) in [4.78, 5) is 0. The van der Waals surface area contributed by atoms with Gasteiger partial charge in [0.15, 0.2) is 5.82 Å². The summed E-state index contributed by atoms with van der Waals surface area (Å²) >= 11 is 9.41. The summed E-state index contributed by atoms with van der Waals surface area (Å²) in [5.74, 6) is 0.621. The Morgan fingerprint density at radius 2 is 2.00 bits per heavy atom. The first-order valence-corrected chi connectivity index (χ1v) is 7.33. The van der Waals surface area contributed by atoms with E-state index in [4.69, 9.17) is 17.3 Å². The van der Waals surface area contributed by atoms with Crippen molar-refractivity contribution in [1.29, 1.82) is 0 Å². The van der Waals surface area contributed by atoms with Gasteiger partial charge in [-0.1, -0.05) is 23.7 Å². The predicted octanol–water partition coefficient (Wildman–Crippen LogP) is 3.64. The molecule has 1 heterocycles. The van der Waals surface area contributed by atoms with Gasteiger partial charge in [0.05, 0.1) is 10.7 Å². The van der Waals surface area contributed by atoms with Crippen molar-refractivity contribution in [3.8, 4) is 17.1 Å². The van der Waals surface area contributed by atoms with E-state index in [1.165, 1.54) is 0 Å². The highest BCUT2D eigenvalue weighted by atomic mass is 79.9. The summed E-state index contributed by atoms with van der Waals surface area (Å²) in [5, 5.41) is 12.5. The predicted molar refractivity (Wildman–Crippen MR) is 86.4 cm³/mol. The van der Waals surface area contributed by atoms with Crippen LogP contribution in [0.3, 0.4) is 0 Å². The highest BCUT2D eigenvalue weighted by Crippen LogP contribution is 2.27. The number of rotatable bonds is 2. The number of benzene rings is 2. The maximum absolute atomic E-state index is 6.01. The van der Waals surface area contributed by atoms with Gasteiger partial charge in [0.25, 0.3) is 0 Å². The van der Waals surface area contributed by atoms with Gasteiger partial charge in [0.1, 0.15) is 0 Å². The molecule has 0 spiro atoms. The second-order valence-corrected chi connectivity index (χ2v) is 5.85. The van der Waals surface area contributed by atoms with Crippen LogP contribution in [-0.2, 0) is 0 Å². The van der Waals surface area contributed by atoms with Gasteiger partial charge in [-0.15, -0.1) is 5.10 Å². The normalized spacial score (nSPS) is 10.8. The fourth-order valence-electron chi connectivity index (χ4n) is 1.94. The van der Waals surface area contributed by atoms with Crippen LogP contribution in [0.25, 0.3) is 17.1 Å². The van der Waals surface area contributed by atoms with Crippen LogP contribution < -0.4 is 5.73 Å². The van der Waals surface area contributed by atoms with Crippen molar-refractivity contribution < 1.29 is 0 Å². The summed E-state index contributed by atoms with van der Waals surface area (Å²) in [6.45, 7) is 1.96. The number of nitrogens with zero attached hydrogens (tertiary/aromatic N) is 4. The Morgan fingerprint density at radius 1 is 1.19 bits per heavy atom. The van der Waals surface area contributed by atoms with Gasteiger partial charge < -0.3 is 5.73 Å². The van der Waals surface area contributed by atoms with E-state index in [1.807, 2.05) is 37.3 Å². The molecule has 0 radical (unpaired) electrons. The largest absolute Gasteiger partial charge is 0.398 e. The molecule has 21 heavy (non-hydrogen) atoms. The molecule has 2 aromatic carbocycles. The quantitative estimate of drug-likeness (QED) is 0.705. The maximum Gasteiger partial charge on any atom is 0.187 e. The first-order chi connectivity index (χ1) is 10.1. The molecule has 0 saturated carbocycles. The van der Waals surface area contributed by atoms with E-state index in [2.05, 4.69) is 31.5 Å². The van der Waals surface area contributed by atoms with Crippen LogP contribution in [0.15, 0.2) is 40.9 Å². The molecule has 0 aliphatic heterocycles. The molecule has 7 heteroatoms. The number of hydrogen-bond acceptors (Lipinski definition) is 4. The van der Waals surface area contributed by atoms with E-state index >= 15 is 0 Å². The van der Waals surface area contributed by atoms with Crippen LogP contribution in [0.2, 0.25) is 5.02 Å². The molecule has 0 bridgehead atoms. The number of aromatic nitrogens is 4. The lowest BCUT2D eigenvalue weighted by Crippen LogP contribution is -2.00. The Morgan fingerprint density at radius 3 is 2.71 bits per heavy atom. The second kappa shape index (κ2) is 5.46. The van der Waals surface area contributed by atoms with Crippen molar-refractivity contribution in [1.82, 2.24) is 20.2 Å². The minimum Gasteiger partial charge on any atom is -0.398 e. The fourth-order valence-corrected chi connectivity index (χ4v) is 2.42. The van der Waals surface area contributed by atoms with Crippen LogP contribution in [0, 0.1) is 6.92 Å². The van der Waals surface area contributed by atoms with E-state index < -0.39 is 0 Å². The molecule has 106 valence electrons. The fraction of sp³-hybridized carbons (Fsp3) is 0.0714. The number of anilines is 1. The van der Waals surface area contributed by atoms with Gasteiger partial charge >= 0.3 is 0 Å². The Hall–Kier alpha value is -1.92. The SMILES string of the molecule is Cc1ccc(-c2nnnn2-c2ccc(Cl)c(Br)c2)cc1N. The van der Waals surface area contributed by atoms with E-state index in [1.54, 1.807) is 10.7 Å². The molecule has 0 atom stereocenters. The molecule has 0 amide bonds. The molecule has 3 aromatic rings. The van der Waals surface area contributed by atoms with E-state index in [0.717, 1.165) is 21.3 Å². The minimum absolute atomic E-state index is 0.621. The number of hydrogen-bond donors (Lipinski definition) is 1. The van der Waals surface area contributed by atoms with Gasteiger partial charge in [-0.25, -0.2) is 0 Å². The molecule has 2 N–H and O–H groups in total. The zero-order valence-corrected chi connectivity index (χ0v) is 13.4. The van der Waals surface area contributed by atoms with Gasteiger partial charge in [-0.3, -0.25) is 0 Å². The van der Waals surface area contributed by atoms with E-state index in [-0.39, 0.29) is 0 Å². The lowest BCUT2D eigenvalue weighted by atomic mass is 10.1. The monoisotopic (exact) mass is 363 g/mol. The third-order valence-corrected chi connectivity index (χ3v) is 4.37. The van der Waals surface area contributed by atoms with Crippen molar-refractivity contribution >= 4 is 33.2 Å². The number of aryl methyl sites for hydroxylation is 1. The highest BCUT2D eigenvalue weighted by Gasteiger charge is 2.12. The number of tetrazole rings is 1. The van der Waals surface area contributed by atoms with Gasteiger partial charge in [0, 0.05) is 15.7 Å². The molecular weight excluding hydrogens is 354 g/mol. The molecule has 5 nitrogen and oxygen atoms in total. The van der Waals surface area contributed by atoms with Gasteiger partial charge in [0.2, 0.25) is 0 Å². The van der Waals surface area contributed by atoms with Gasteiger partial charge in [-0.2, -0.15) is 4.68 Å². The van der Waals surface area contributed by atoms with Crippen LogP contribution in [-0.4, -0.2) is 20.2 Å². The molecular formula is C14H11BrClN5. The Bertz CT molecular complexity index is 749. The summed E-state index contributed by atoms with van der Waals surface area (Å²) in [6.07, 6.45) is 0. The lowest BCUT2D eigenvalue weighted by molar-refractivity contribution is 0.791. The van der Waals surface area contributed by atoms with Crippen molar-refractivity contribution in [2.45, 2.75) is 6.92 Å². The molecule has 0 saturated heterocycles. The first kappa shape index (κ1) is 14.0. The maximum atomic E-state index is 6.01. The van der Waals surface area contributed by atoms with Crippen molar-refractivity contribution in [3.05, 3.63) is 51.5 Å². The summed E-state index contributed by atoms with van der Waals surface area (Å²) in [5.41, 5.74) is 9.35. The molecule has 3 rings (SSSR count). The van der Waals surface area contributed by atoms with Crippen LogP contribution >= 0.6 is 27.5 Å². The van der Waals surface area contributed by atoms with E-state index in [0.29, 0.717) is 16.5 Å². The lowest BCUT2D eigenvalue weighted by Gasteiger charge is -2.07. The Labute approximate surface area is 134 Å². The first-order valence-electron chi connectivity index (χ1n) is 6.16. The molecule has 0 fully saturated rings. The smallest absolute Gasteiger partial charge is 0.187 e. The summed E-state index contributed by atoms with van der Waals surface area (Å²) in [6, 6.07) is 11.3. The zero-order chi connectivity index (χ0) is 15.0. The number of nitrogen functional groups attached to an aromatic ring is 1. The molecule has 0 aliphatic rings. The minimum atomic E-state index is 0.621. The standard InChI is InChI=1S/C14H11BrClN5/c1-8-2-3-9(6-13(8)17)14-18-19-20-21(14)10-4-5-12(16)11(15)7-10/h2-7H,17H2,1H3. The van der Waals surface area contributed by atoms with Gasteiger partial charge in [-0.05, 0) is 63.1 Å². The summed E-state index contributed by atoms with van der Waals surface area (Å²) < 4.78 is 2.43. The third kappa shape index (κ3) is 2.64. The van der Waals surface area contributed by atoms with Crippen molar-refractivity contribution in [2.75, 3.05) is 5.73 Å². The van der Waals surface area contributed by atoms with Crippen molar-refractivity contribution in [3.63, 3.8) is 0 Å². The molecule has 0 unspecified atom stereocenters. The average Bonchev–Trinajstić information content (AvgIpc) is 2.94. The van der Waals surface area contributed by atoms with Crippen molar-refractivity contribution in [2.24, 2.45) is 0 Å². The van der Waals surface area contributed by atoms with Crippen LogP contribution in [0.4, 0.5) is 5.69 Å². The second-order valence-electron chi connectivity index (χ2n) is 4.58. The van der Waals surface area contributed by atoms with E-state index in [9.17, 15) is 0 Å². The third-order valence-electron chi connectivity index (χ3n) is 3.15.